The molecule has 1 amide bonds. The Labute approximate surface area is 188 Å². The molecule has 0 radical (unpaired) electrons. The lowest BCUT2D eigenvalue weighted by Gasteiger charge is -2.06. The van der Waals surface area contributed by atoms with E-state index >= 15 is 0 Å². The van der Waals surface area contributed by atoms with Crippen LogP contribution in [0.15, 0.2) is 54.7 Å². The Morgan fingerprint density at radius 2 is 1.97 bits per heavy atom. The molecule has 1 atom stereocenters. The Morgan fingerprint density at radius 1 is 1.31 bits per heavy atom. The van der Waals surface area contributed by atoms with E-state index in [0.29, 0.717) is 28.9 Å². The van der Waals surface area contributed by atoms with Gasteiger partial charge in [0.15, 0.2) is 6.61 Å². The molecule has 0 saturated heterocycles. The standard InChI is InChI=1S/C15H16N2O5.C10H16/c1-3-8-13(14(20)15(16)21)12-9(17(8)2)5-4-6-10(12)22-7-11(18)19;1-5-9(3)7-8-10(4)6-2/h4-6H,3,7H2,1-2H3,(H2,16,21)(H,18,19);5-9H,1H2,2-4H3/b;8-7?,10-6-. The van der Waals surface area contributed by atoms with Crippen LogP contribution in [0, 0.1) is 5.92 Å². The average molecular weight is 441 g/mol. The molecule has 7 heteroatoms. The van der Waals surface area contributed by atoms with E-state index in [-0.39, 0.29) is 11.3 Å². The number of fused-ring (bicyclic) bond motifs is 1. The number of Topliss-reactive ketones (excluding diaryl/α,β-unsaturated/α-hetero) is 1. The number of carbonyl (C=O) groups is 3. The molecule has 32 heavy (non-hydrogen) atoms. The van der Waals surface area contributed by atoms with Crippen LogP contribution in [0.3, 0.4) is 0 Å². The number of ketones is 1. The lowest BCUT2D eigenvalue weighted by molar-refractivity contribution is -0.139. The van der Waals surface area contributed by atoms with Gasteiger partial charge in [-0.25, -0.2) is 4.79 Å². The van der Waals surface area contributed by atoms with Crippen molar-refractivity contribution in [3.8, 4) is 5.75 Å². The topological polar surface area (TPSA) is 112 Å². The normalized spacial score (nSPS) is 12.2. The summed E-state index contributed by atoms with van der Waals surface area (Å²) in [5, 5.41) is 9.16. The zero-order chi connectivity index (χ0) is 24.4. The molecule has 1 aromatic carbocycles. The van der Waals surface area contributed by atoms with Gasteiger partial charge in [-0.2, -0.15) is 0 Å². The monoisotopic (exact) mass is 440 g/mol. The lowest BCUT2D eigenvalue weighted by Crippen LogP contribution is -2.24. The van der Waals surface area contributed by atoms with E-state index in [1.165, 1.54) is 5.57 Å². The summed E-state index contributed by atoms with van der Waals surface area (Å²) in [6.45, 7) is 11.2. The van der Waals surface area contributed by atoms with Gasteiger partial charge in [0.2, 0.25) is 0 Å². The predicted molar refractivity (Wildman–Crippen MR) is 127 cm³/mol. The zero-order valence-electron chi connectivity index (χ0n) is 19.3. The van der Waals surface area contributed by atoms with E-state index in [4.69, 9.17) is 15.6 Å². The first-order chi connectivity index (χ1) is 15.1. The Morgan fingerprint density at radius 3 is 2.47 bits per heavy atom. The number of rotatable bonds is 9. The average Bonchev–Trinajstić information content (AvgIpc) is 3.07. The Balaban J connectivity index is 0.000000433. The minimum absolute atomic E-state index is 0.175. The number of ether oxygens (including phenoxy) is 1. The molecule has 1 unspecified atom stereocenters. The van der Waals surface area contributed by atoms with Crippen LogP contribution in [0.4, 0.5) is 0 Å². The van der Waals surface area contributed by atoms with Gasteiger partial charge >= 0.3 is 5.97 Å². The summed E-state index contributed by atoms with van der Waals surface area (Å²) in [7, 11) is 1.76. The van der Waals surface area contributed by atoms with Crippen molar-refractivity contribution in [2.24, 2.45) is 18.7 Å². The number of hydrogen-bond donors (Lipinski definition) is 2. The number of amides is 1. The van der Waals surface area contributed by atoms with Gasteiger partial charge in [0, 0.05) is 12.7 Å². The largest absolute Gasteiger partial charge is 0.481 e. The van der Waals surface area contributed by atoms with E-state index in [9.17, 15) is 14.4 Å². The maximum absolute atomic E-state index is 12.2. The van der Waals surface area contributed by atoms with Crippen LogP contribution in [0.2, 0.25) is 0 Å². The van der Waals surface area contributed by atoms with Crippen molar-refractivity contribution in [2.75, 3.05) is 6.61 Å². The van der Waals surface area contributed by atoms with Crippen LogP contribution in [0.25, 0.3) is 10.9 Å². The maximum Gasteiger partial charge on any atom is 0.341 e. The molecule has 172 valence electrons. The fourth-order valence-corrected chi connectivity index (χ4v) is 3.03. The highest BCUT2D eigenvalue weighted by Crippen LogP contribution is 2.34. The van der Waals surface area contributed by atoms with Gasteiger partial charge in [-0.1, -0.05) is 49.8 Å². The zero-order valence-corrected chi connectivity index (χ0v) is 19.3. The minimum atomic E-state index is -1.13. The maximum atomic E-state index is 12.2. The second-order valence-corrected chi connectivity index (χ2v) is 7.25. The molecule has 0 aliphatic carbocycles. The molecule has 7 nitrogen and oxygen atoms in total. The van der Waals surface area contributed by atoms with Crippen LogP contribution < -0.4 is 10.5 Å². The van der Waals surface area contributed by atoms with Crippen molar-refractivity contribution in [3.63, 3.8) is 0 Å². The molecule has 0 fully saturated rings. The summed E-state index contributed by atoms with van der Waals surface area (Å²) >= 11 is 0. The van der Waals surface area contributed by atoms with Gasteiger partial charge in [-0.15, -0.1) is 6.58 Å². The highest BCUT2D eigenvalue weighted by molar-refractivity contribution is 6.45. The summed E-state index contributed by atoms with van der Waals surface area (Å²) in [6.07, 6.45) is 8.79. The van der Waals surface area contributed by atoms with E-state index in [2.05, 4.69) is 38.7 Å². The number of carboxylic acids is 1. The van der Waals surface area contributed by atoms with Crippen molar-refractivity contribution < 1.29 is 24.2 Å². The van der Waals surface area contributed by atoms with E-state index in [0.717, 1.165) is 0 Å². The molecule has 0 saturated carbocycles. The number of hydrogen-bond acceptors (Lipinski definition) is 4. The van der Waals surface area contributed by atoms with E-state index in [1.54, 1.807) is 29.8 Å². The Bertz CT molecular complexity index is 1060. The van der Waals surface area contributed by atoms with E-state index < -0.39 is 24.3 Å². The number of nitrogens with two attached hydrogens (primary N) is 1. The smallest absolute Gasteiger partial charge is 0.341 e. The quantitative estimate of drug-likeness (QED) is 0.263. The lowest BCUT2D eigenvalue weighted by atomic mass is 10.0. The molecule has 2 rings (SSSR count). The summed E-state index contributed by atoms with van der Waals surface area (Å²) in [5.74, 6) is -2.29. The first-order valence-corrected chi connectivity index (χ1v) is 10.3. The molecule has 0 aliphatic rings. The Hall–Kier alpha value is -3.61. The number of aryl methyl sites for hydroxylation is 1. The van der Waals surface area contributed by atoms with Gasteiger partial charge in [-0.05, 0) is 38.3 Å². The van der Waals surface area contributed by atoms with Crippen LogP contribution in [0.5, 0.6) is 5.75 Å². The highest BCUT2D eigenvalue weighted by Gasteiger charge is 2.26. The van der Waals surface area contributed by atoms with Crippen molar-refractivity contribution in [3.05, 3.63) is 65.9 Å². The van der Waals surface area contributed by atoms with Crippen molar-refractivity contribution >= 4 is 28.6 Å². The summed E-state index contributed by atoms with van der Waals surface area (Å²) in [5.41, 5.74) is 7.92. The third-order valence-electron chi connectivity index (χ3n) is 4.94. The highest BCUT2D eigenvalue weighted by atomic mass is 16.5. The number of nitrogens with zero attached hydrogens (tertiary/aromatic N) is 1. The fourth-order valence-electron chi connectivity index (χ4n) is 3.03. The molecule has 0 spiro atoms. The molecule has 2 aromatic rings. The predicted octanol–water partition coefficient (Wildman–Crippen LogP) is 4.20. The van der Waals surface area contributed by atoms with Gasteiger partial charge in [0.05, 0.1) is 16.5 Å². The van der Waals surface area contributed by atoms with Crippen molar-refractivity contribution in [1.29, 1.82) is 0 Å². The van der Waals surface area contributed by atoms with Gasteiger partial charge in [-0.3, -0.25) is 9.59 Å². The van der Waals surface area contributed by atoms with Crippen LogP contribution in [-0.4, -0.2) is 33.9 Å². The number of benzene rings is 1. The number of carbonyl (C=O) groups excluding carboxylic acids is 2. The van der Waals surface area contributed by atoms with Gasteiger partial charge < -0.3 is 20.1 Å². The van der Waals surface area contributed by atoms with Crippen molar-refractivity contribution in [1.82, 2.24) is 4.57 Å². The second-order valence-electron chi connectivity index (χ2n) is 7.25. The molecular weight excluding hydrogens is 408 g/mol. The first kappa shape index (κ1) is 26.4. The number of primary amides is 1. The SMILES string of the molecule is C=CC(C)C=C/C(C)=C\C.CCc1c(C(=O)C(N)=O)c2c(OCC(=O)O)cccc2n1C. The summed E-state index contributed by atoms with van der Waals surface area (Å²) in [4.78, 5) is 34.2. The molecule has 0 aliphatic heterocycles. The summed E-state index contributed by atoms with van der Waals surface area (Å²) in [6, 6.07) is 5.01. The number of allylic oxidation sites excluding steroid dienone is 5. The number of aromatic nitrogens is 1. The second kappa shape index (κ2) is 12.3. The third kappa shape index (κ3) is 6.70. The van der Waals surface area contributed by atoms with Crippen LogP contribution >= 0.6 is 0 Å². The van der Waals surface area contributed by atoms with Crippen molar-refractivity contribution in [2.45, 2.75) is 34.1 Å². The number of carboxylic acid groups (broad SMARTS) is 1. The van der Waals surface area contributed by atoms with Crippen LogP contribution in [0.1, 0.15) is 43.7 Å². The first-order valence-electron chi connectivity index (χ1n) is 10.3. The van der Waals surface area contributed by atoms with Gasteiger partial charge in [0.25, 0.3) is 11.7 Å². The van der Waals surface area contributed by atoms with E-state index in [1.807, 2.05) is 19.9 Å². The summed E-state index contributed by atoms with van der Waals surface area (Å²) < 4.78 is 7.02. The Kier molecular flexibility index (Phi) is 10.2. The van der Waals surface area contributed by atoms with Crippen LogP contribution in [-0.2, 0) is 23.1 Å². The molecule has 3 N–H and O–H groups in total. The molecule has 0 bridgehead atoms. The molecular formula is C25H32N2O5. The molecule has 1 heterocycles. The minimum Gasteiger partial charge on any atom is -0.481 e. The fraction of sp³-hybridized carbons (Fsp3) is 0.320. The number of aliphatic carboxylic acids is 1. The van der Waals surface area contributed by atoms with Gasteiger partial charge in [0.1, 0.15) is 5.75 Å². The molecule has 1 aromatic heterocycles. The third-order valence-corrected chi connectivity index (χ3v) is 4.94.